The first-order valence-electron chi connectivity index (χ1n) is 7.62. The Bertz CT molecular complexity index is 559. The Hall–Kier alpha value is -1.69. The van der Waals surface area contributed by atoms with Crippen LogP contribution in [0.2, 0.25) is 0 Å². The lowest BCUT2D eigenvalue weighted by Crippen LogP contribution is -2.09. The van der Waals surface area contributed by atoms with Gasteiger partial charge in [0.25, 0.3) is 0 Å². The predicted molar refractivity (Wildman–Crippen MR) is 87.6 cm³/mol. The van der Waals surface area contributed by atoms with Crippen molar-refractivity contribution in [3.05, 3.63) is 17.2 Å². The monoisotopic (exact) mass is 322 g/mol. The normalized spacial score (nSPS) is 16.4. The highest BCUT2D eigenvalue weighted by Crippen LogP contribution is 2.29. The van der Waals surface area contributed by atoms with Crippen LogP contribution in [0.15, 0.2) is 11.5 Å². The number of carbonyl (C=O) groups is 2. The van der Waals surface area contributed by atoms with Gasteiger partial charge in [-0.1, -0.05) is 38.2 Å². The predicted octanol–water partition coefficient (Wildman–Crippen LogP) is 3.63. The van der Waals surface area contributed by atoms with Gasteiger partial charge in [0.05, 0.1) is 18.4 Å². The minimum atomic E-state index is -0.379. The zero-order valence-corrected chi connectivity index (χ0v) is 13.9. The van der Waals surface area contributed by atoms with Gasteiger partial charge >= 0.3 is 5.97 Å². The van der Waals surface area contributed by atoms with Gasteiger partial charge in [-0.2, -0.15) is 0 Å². The van der Waals surface area contributed by atoms with E-state index in [-0.39, 0.29) is 11.9 Å². The van der Waals surface area contributed by atoms with E-state index >= 15 is 0 Å². The second kappa shape index (κ2) is 8.08. The van der Waals surface area contributed by atoms with Crippen molar-refractivity contribution in [3.63, 3.8) is 0 Å². The SMILES string of the molecule is COC(=O)/C(=C/CC1CCCCC1)c1csc(NC(C)=O)n1. The highest BCUT2D eigenvalue weighted by atomic mass is 32.1. The summed E-state index contributed by atoms with van der Waals surface area (Å²) >= 11 is 1.30. The molecule has 0 radical (unpaired) electrons. The van der Waals surface area contributed by atoms with E-state index in [0.717, 1.165) is 6.42 Å². The molecule has 1 saturated carbocycles. The molecule has 120 valence electrons. The van der Waals surface area contributed by atoms with Gasteiger partial charge in [-0.3, -0.25) is 4.79 Å². The Balaban J connectivity index is 2.12. The van der Waals surface area contributed by atoms with Gasteiger partial charge in [0.1, 0.15) is 0 Å². The molecule has 6 heteroatoms. The lowest BCUT2D eigenvalue weighted by molar-refractivity contribution is -0.133. The number of esters is 1. The molecule has 22 heavy (non-hydrogen) atoms. The molecular formula is C16H22N2O3S. The Kier molecular flexibility index (Phi) is 6.12. The molecule has 1 fully saturated rings. The smallest absolute Gasteiger partial charge is 0.339 e. The van der Waals surface area contributed by atoms with E-state index in [1.54, 1.807) is 5.38 Å². The molecule has 5 nitrogen and oxygen atoms in total. The van der Waals surface area contributed by atoms with Crippen molar-refractivity contribution in [1.29, 1.82) is 0 Å². The Morgan fingerprint density at radius 2 is 2.14 bits per heavy atom. The Morgan fingerprint density at radius 1 is 1.41 bits per heavy atom. The van der Waals surface area contributed by atoms with Crippen LogP contribution in [0.1, 0.15) is 51.1 Å². The Morgan fingerprint density at radius 3 is 2.77 bits per heavy atom. The van der Waals surface area contributed by atoms with Crippen molar-refractivity contribution in [2.75, 3.05) is 12.4 Å². The van der Waals surface area contributed by atoms with Crippen LogP contribution in [0.3, 0.4) is 0 Å². The number of hydrogen-bond donors (Lipinski definition) is 1. The van der Waals surface area contributed by atoms with Crippen molar-refractivity contribution in [1.82, 2.24) is 4.98 Å². The number of nitrogens with zero attached hydrogens (tertiary/aromatic N) is 1. The number of thiazole rings is 1. The summed E-state index contributed by atoms with van der Waals surface area (Å²) in [6.07, 6.45) is 9.12. The van der Waals surface area contributed by atoms with Crippen LogP contribution in [-0.2, 0) is 14.3 Å². The molecule has 1 aliphatic rings. The van der Waals surface area contributed by atoms with E-state index < -0.39 is 0 Å². The minimum absolute atomic E-state index is 0.174. The van der Waals surface area contributed by atoms with Crippen LogP contribution < -0.4 is 5.32 Å². The van der Waals surface area contributed by atoms with Gasteiger partial charge in [0.15, 0.2) is 5.13 Å². The minimum Gasteiger partial charge on any atom is -0.465 e. The number of carbonyl (C=O) groups excluding carboxylic acids is 2. The van der Waals surface area contributed by atoms with Crippen LogP contribution in [0.5, 0.6) is 0 Å². The molecule has 0 bridgehead atoms. The molecule has 1 aliphatic carbocycles. The average molecular weight is 322 g/mol. The van der Waals surface area contributed by atoms with Gasteiger partial charge in [-0.15, -0.1) is 11.3 Å². The first kappa shape index (κ1) is 16.7. The molecule has 1 amide bonds. The van der Waals surface area contributed by atoms with E-state index in [9.17, 15) is 9.59 Å². The second-order valence-electron chi connectivity index (χ2n) is 5.57. The average Bonchev–Trinajstić information content (AvgIpc) is 2.95. The number of allylic oxidation sites excluding steroid dienone is 1. The number of aromatic nitrogens is 1. The number of ether oxygens (including phenoxy) is 1. The van der Waals surface area contributed by atoms with Crippen molar-refractivity contribution in [2.24, 2.45) is 5.92 Å². The maximum atomic E-state index is 12.0. The fraction of sp³-hybridized carbons (Fsp3) is 0.562. The lowest BCUT2D eigenvalue weighted by Gasteiger charge is -2.20. The molecule has 0 atom stereocenters. The number of rotatable bonds is 5. The molecule has 0 aromatic carbocycles. The number of hydrogen-bond acceptors (Lipinski definition) is 5. The molecule has 0 aliphatic heterocycles. The first-order chi connectivity index (χ1) is 10.6. The molecule has 1 aromatic rings. The van der Waals surface area contributed by atoms with Crippen LogP contribution in [0.4, 0.5) is 5.13 Å². The summed E-state index contributed by atoms with van der Waals surface area (Å²) < 4.78 is 4.87. The largest absolute Gasteiger partial charge is 0.465 e. The molecule has 0 spiro atoms. The number of methoxy groups -OCH3 is 1. The molecule has 1 aromatic heterocycles. The van der Waals surface area contributed by atoms with Crippen molar-refractivity contribution >= 4 is 33.9 Å². The van der Waals surface area contributed by atoms with Crippen LogP contribution >= 0.6 is 11.3 Å². The molecule has 0 saturated heterocycles. The van der Waals surface area contributed by atoms with Crippen LogP contribution in [-0.4, -0.2) is 24.0 Å². The van der Waals surface area contributed by atoms with E-state index in [4.69, 9.17) is 4.74 Å². The summed E-state index contributed by atoms with van der Waals surface area (Å²) in [5.74, 6) is 0.0871. The van der Waals surface area contributed by atoms with Gasteiger partial charge in [0, 0.05) is 12.3 Å². The highest BCUT2D eigenvalue weighted by Gasteiger charge is 2.18. The van der Waals surface area contributed by atoms with E-state index in [1.165, 1.54) is 57.5 Å². The van der Waals surface area contributed by atoms with Crippen LogP contribution in [0.25, 0.3) is 5.57 Å². The van der Waals surface area contributed by atoms with Gasteiger partial charge in [-0.05, 0) is 12.3 Å². The van der Waals surface area contributed by atoms with Crippen molar-refractivity contribution < 1.29 is 14.3 Å². The fourth-order valence-corrected chi connectivity index (χ4v) is 3.47. The van der Waals surface area contributed by atoms with Crippen molar-refractivity contribution in [2.45, 2.75) is 45.4 Å². The summed E-state index contributed by atoms with van der Waals surface area (Å²) in [5, 5.41) is 4.90. The summed E-state index contributed by atoms with van der Waals surface area (Å²) in [6.45, 7) is 1.43. The second-order valence-corrected chi connectivity index (χ2v) is 6.43. The zero-order valence-electron chi connectivity index (χ0n) is 13.1. The zero-order chi connectivity index (χ0) is 15.9. The molecular weight excluding hydrogens is 300 g/mol. The molecule has 1 heterocycles. The van der Waals surface area contributed by atoms with Crippen LogP contribution in [0, 0.1) is 5.92 Å². The topological polar surface area (TPSA) is 68.3 Å². The summed E-state index contributed by atoms with van der Waals surface area (Å²) in [5.41, 5.74) is 1.05. The highest BCUT2D eigenvalue weighted by molar-refractivity contribution is 7.14. The Labute approximate surface area is 134 Å². The van der Waals surface area contributed by atoms with E-state index in [1.807, 2.05) is 6.08 Å². The van der Waals surface area contributed by atoms with E-state index in [0.29, 0.717) is 22.3 Å². The third-order valence-electron chi connectivity index (χ3n) is 3.85. The first-order valence-corrected chi connectivity index (χ1v) is 8.50. The van der Waals surface area contributed by atoms with Gasteiger partial charge in [-0.25, -0.2) is 9.78 Å². The van der Waals surface area contributed by atoms with Crippen molar-refractivity contribution in [3.8, 4) is 0 Å². The lowest BCUT2D eigenvalue weighted by atomic mass is 9.86. The fourth-order valence-electron chi connectivity index (χ4n) is 2.72. The molecule has 1 N–H and O–H groups in total. The molecule has 0 unspecified atom stereocenters. The van der Waals surface area contributed by atoms with Gasteiger partial charge < -0.3 is 10.1 Å². The van der Waals surface area contributed by atoms with E-state index in [2.05, 4.69) is 10.3 Å². The maximum Gasteiger partial charge on any atom is 0.339 e. The number of anilines is 1. The quantitative estimate of drug-likeness (QED) is 0.664. The summed E-state index contributed by atoms with van der Waals surface area (Å²) in [4.78, 5) is 27.4. The summed E-state index contributed by atoms with van der Waals surface area (Å²) in [7, 11) is 1.37. The summed E-state index contributed by atoms with van der Waals surface area (Å²) in [6, 6.07) is 0. The maximum absolute atomic E-state index is 12.0. The number of nitrogens with one attached hydrogen (secondary N) is 1. The van der Waals surface area contributed by atoms with Gasteiger partial charge in [0.2, 0.25) is 5.91 Å². The third kappa shape index (κ3) is 4.66. The number of amides is 1. The third-order valence-corrected chi connectivity index (χ3v) is 4.61. The molecule has 2 rings (SSSR count). The standard InChI is InChI=1S/C16H22N2O3S/c1-11(19)17-16-18-14(10-22-16)13(15(20)21-2)9-8-12-6-4-3-5-7-12/h9-10,12H,3-8H2,1-2H3,(H,17,18,19)/b13-9+.